The van der Waals surface area contributed by atoms with E-state index in [1.807, 2.05) is 18.2 Å². The predicted octanol–water partition coefficient (Wildman–Crippen LogP) is 4.33. The Bertz CT molecular complexity index is 1970. The number of phenols is 1. The average molecular weight is 667 g/mol. The molecule has 0 fully saturated rings. The molecule has 2 heterocycles. The number of carbonyl (C=O) groups excluding carboxylic acids is 1. The summed E-state index contributed by atoms with van der Waals surface area (Å²) in [5.41, 5.74) is 0.633. The number of hydrogen-bond donors (Lipinski definition) is 1. The van der Waals surface area contributed by atoms with E-state index in [1.165, 1.54) is 37.0 Å². The van der Waals surface area contributed by atoms with Crippen LogP contribution < -0.4 is 24.4 Å². The van der Waals surface area contributed by atoms with Crippen molar-refractivity contribution in [2.24, 2.45) is 4.99 Å². The number of benzene rings is 3. The molecule has 13 heteroatoms. The summed E-state index contributed by atoms with van der Waals surface area (Å²) in [6.45, 7) is 1.78. The number of nitro groups is 1. The van der Waals surface area contributed by atoms with Gasteiger partial charge in [-0.1, -0.05) is 63.7 Å². The van der Waals surface area contributed by atoms with Crippen LogP contribution in [0.3, 0.4) is 0 Å². The summed E-state index contributed by atoms with van der Waals surface area (Å²) in [7, 11) is 2.98. The standard InChI is InChI=1S/C30H24BrN3O8S/c1-4-42-29(37)24-25(16-8-6-5-7-9-16)32-30-33(26(24)17-10-11-21(40-2)22(13-17)41-3)28(36)23(43-30)14-18-12-19(31)15-20(27(18)35)34(38)39/h5-15,26,35H,4H2,1-3H3/b23-14-/t26-/m1/s1. The third kappa shape index (κ3) is 5.56. The van der Waals surface area contributed by atoms with Crippen LogP contribution in [0.5, 0.6) is 17.2 Å². The maximum absolute atomic E-state index is 14.1. The molecule has 1 aliphatic heterocycles. The molecule has 1 aromatic heterocycles. The largest absolute Gasteiger partial charge is 0.502 e. The molecule has 4 aromatic rings. The van der Waals surface area contributed by atoms with Crippen LogP contribution in [0.25, 0.3) is 11.8 Å². The molecule has 3 aromatic carbocycles. The predicted molar refractivity (Wildman–Crippen MR) is 163 cm³/mol. The first-order valence-corrected chi connectivity index (χ1v) is 14.5. The molecule has 1 aliphatic rings. The molecule has 0 amide bonds. The number of nitro benzene ring substituents is 1. The smallest absolute Gasteiger partial charge is 0.338 e. The Morgan fingerprint density at radius 1 is 1.14 bits per heavy atom. The summed E-state index contributed by atoms with van der Waals surface area (Å²) < 4.78 is 18.2. The van der Waals surface area contributed by atoms with E-state index in [-0.39, 0.29) is 27.1 Å². The Morgan fingerprint density at radius 3 is 2.51 bits per heavy atom. The number of nitrogens with zero attached hydrogens (tertiary/aromatic N) is 3. The van der Waals surface area contributed by atoms with Gasteiger partial charge in [0.05, 0.1) is 47.6 Å². The van der Waals surface area contributed by atoms with Crippen molar-refractivity contribution in [2.45, 2.75) is 13.0 Å². The number of ether oxygens (including phenoxy) is 3. The number of phenolic OH excluding ortho intramolecular Hbond substituents is 1. The van der Waals surface area contributed by atoms with E-state index in [2.05, 4.69) is 15.9 Å². The number of thiazole rings is 1. The number of aromatic hydroxyl groups is 1. The summed E-state index contributed by atoms with van der Waals surface area (Å²) in [4.78, 5) is 43.5. The molecule has 0 saturated heterocycles. The molecule has 0 spiro atoms. The molecule has 43 heavy (non-hydrogen) atoms. The van der Waals surface area contributed by atoms with Crippen LogP contribution in [0.1, 0.15) is 29.7 Å². The van der Waals surface area contributed by atoms with Crippen LogP contribution in [0, 0.1) is 10.1 Å². The van der Waals surface area contributed by atoms with Gasteiger partial charge >= 0.3 is 11.7 Å². The van der Waals surface area contributed by atoms with Crippen molar-refractivity contribution >= 4 is 50.7 Å². The lowest BCUT2D eigenvalue weighted by molar-refractivity contribution is -0.385. The summed E-state index contributed by atoms with van der Waals surface area (Å²) >= 11 is 4.24. The maximum atomic E-state index is 14.1. The van der Waals surface area contributed by atoms with Crippen molar-refractivity contribution in [2.75, 3.05) is 20.8 Å². The van der Waals surface area contributed by atoms with Crippen LogP contribution in [0.4, 0.5) is 5.69 Å². The van der Waals surface area contributed by atoms with Crippen molar-refractivity contribution in [3.63, 3.8) is 0 Å². The van der Waals surface area contributed by atoms with Gasteiger partial charge in [0.25, 0.3) is 5.56 Å². The van der Waals surface area contributed by atoms with Crippen LogP contribution in [-0.4, -0.2) is 41.4 Å². The molecular weight excluding hydrogens is 642 g/mol. The molecule has 5 rings (SSSR count). The molecule has 0 unspecified atom stereocenters. The second kappa shape index (κ2) is 12.2. The lowest BCUT2D eigenvalue weighted by Gasteiger charge is -2.26. The van der Waals surface area contributed by atoms with Gasteiger partial charge in [0, 0.05) is 21.7 Å². The fourth-order valence-corrected chi connectivity index (χ4v) is 6.23. The first-order chi connectivity index (χ1) is 20.7. The number of halogens is 1. The highest BCUT2D eigenvalue weighted by Crippen LogP contribution is 2.39. The first-order valence-electron chi connectivity index (χ1n) is 12.9. The molecule has 1 atom stereocenters. The number of aromatic nitrogens is 1. The molecule has 0 radical (unpaired) electrons. The van der Waals surface area contributed by atoms with Gasteiger partial charge in [-0.2, -0.15) is 0 Å². The van der Waals surface area contributed by atoms with Crippen molar-refractivity contribution in [3.8, 4) is 17.2 Å². The zero-order chi connectivity index (χ0) is 30.8. The number of rotatable bonds is 8. The minimum atomic E-state index is -0.988. The lowest BCUT2D eigenvalue weighted by Crippen LogP contribution is -2.40. The summed E-state index contributed by atoms with van der Waals surface area (Å²) in [6.07, 6.45) is 1.36. The molecule has 0 bridgehead atoms. The summed E-state index contributed by atoms with van der Waals surface area (Å²) in [5, 5.41) is 22.1. The molecule has 0 saturated carbocycles. The van der Waals surface area contributed by atoms with Gasteiger partial charge in [-0.15, -0.1) is 0 Å². The minimum absolute atomic E-state index is 0.0573. The SMILES string of the molecule is CCOC(=O)C1=C(c2ccccc2)N=c2s/c(=C\c3cc(Br)cc([N+](=O)[O-])c3O)c(=O)n2[C@@H]1c1ccc(OC)c(OC)c1. The van der Waals surface area contributed by atoms with Gasteiger partial charge in [0.1, 0.15) is 0 Å². The van der Waals surface area contributed by atoms with E-state index in [9.17, 15) is 24.8 Å². The van der Waals surface area contributed by atoms with Crippen molar-refractivity contribution in [3.05, 3.63) is 117 Å². The van der Waals surface area contributed by atoms with E-state index >= 15 is 0 Å². The van der Waals surface area contributed by atoms with Gasteiger partial charge < -0.3 is 19.3 Å². The number of fused-ring (bicyclic) bond motifs is 1. The van der Waals surface area contributed by atoms with E-state index in [1.54, 1.807) is 37.3 Å². The van der Waals surface area contributed by atoms with E-state index in [0.717, 1.165) is 11.3 Å². The third-order valence-corrected chi connectivity index (χ3v) is 8.11. The van der Waals surface area contributed by atoms with Gasteiger partial charge in [-0.05, 0) is 36.8 Å². The molecule has 11 nitrogen and oxygen atoms in total. The van der Waals surface area contributed by atoms with Gasteiger partial charge in [-0.3, -0.25) is 19.5 Å². The fraction of sp³-hybridized carbons (Fsp3) is 0.167. The maximum Gasteiger partial charge on any atom is 0.338 e. The fourth-order valence-electron chi connectivity index (χ4n) is 4.77. The summed E-state index contributed by atoms with van der Waals surface area (Å²) in [5.74, 6) is -0.405. The van der Waals surface area contributed by atoms with E-state index in [4.69, 9.17) is 19.2 Å². The number of methoxy groups -OCH3 is 2. The highest BCUT2D eigenvalue weighted by atomic mass is 79.9. The average Bonchev–Trinajstić information content (AvgIpc) is 3.32. The monoisotopic (exact) mass is 665 g/mol. The van der Waals surface area contributed by atoms with E-state index < -0.39 is 33.9 Å². The number of carbonyl (C=O) groups is 1. The van der Waals surface area contributed by atoms with Gasteiger partial charge in [0.2, 0.25) is 5.75 Å². The van der Waals surface area contributed by atoms with Crippen LogP contribution in [0.2, 0.25) is 0 Å². The number of esters is 1. The van der Waals surface area contributed by atoms with Crippen LogP contribution in [0.15, 0.2) is 80.5 Å². The molecular formula is C30H24BrN3O8S. The Kier molecular flexibility index (Phi) is 8.46. The van der Waals surface area contributed by atoms with E-state index in [0.29, 0.717) is 32.8 Å². The molecule has 0 aliphatic carbocycles. The molecule has 1 N–H and O–H groups in total. The van der Waals surface area contributed by atoms with Gasteiger partial charge in [0.15, 0.2) is 16.3 Å². The second-order valence-electron chi connectivity index (χ2n) is 9.17. The van der Waals surface area contributed by atoms with Crippen molar-refractivity contribution in [1.29, 1.82) is 0 Å². The van der Waals surface area contributed by atoms with Crippen LogP contribution >= 0.6 is 27.3 Å². The quantitative estimate of drug-likeness (QED) is 0.166. The van der Waals surface area contributed by atoms with Crippen molar-refractivity contribution in [1.82, 2.24) is 4.57 Å². The van der Waals surface area contributed by atoms with Gasteiger partial charge in [-0.25, -0.2) is 9.79 Å². The number of hydrogen-bond acceptors (Lipinski definition) is 10. The highest BCUT2D eigenvalue weighted by Gasteiger charge is 2.35. The summed E-state index contributed by atoms with van der Waals surface area (Å²) in [6, 6.07) is 15.8. The second-order valence-corrected chi connectivity index (χ2v) is 11.1. The Balaban J connectivity index is 1.86. The normalized spacial score (nSPS) is 14.6. The topological polar surface area (TPSA) is 142 Å². The first kappa shape index (κ1) is 29.7. The van der Waals surface area contributed by atoms with Crippen molar-refractivity contribution < 1.29 is 29.0 Å². The Morgan fingerprint density at radius 2 is 1.86 bits per heavy atom. The molecule has 220 valence electrons. The minimum Gasteiger partial charge on any atom is -0.502 e. The lowest BCUT2D eigenvalue weighted by atomic mass is 9.93. The Labute approximate surface area is 256 Å². The van der Waals surface area contributed by atoms with Crippen LogP contribution in [-0.2, 0) is 9.53 Å². The zero-order valence-electron chi connectivity index (χ0n) is 23.1. The zero-order valence-corrected chi connectivity index (χ0v) is 25.5. The highest BCUT2D eigenvalue weighted by molar-refractivity contribution is 9.10. The Hall–Kier alpha value is -4.75. The third-order valence-electron chi connectivity index (χ3n) is 6.66.